The van der Waals surface area contributed by atoms with E-state index < -0.39 is 18.0 Å². The summed E-state index contributed by atoms with van der Waals surface area (Å²) in [6.07, 6.45) is -0.129. The molecule has 1 fully saturated rings. The number of amides is 4. The van der Waals surface area contributed by atoms with Crippen molar-refractivity contribution in [3.63, 3.8) is 0 Å². The summed E-state index contributed by atoms with van der Waals surface area (Å²) in [4.78, 5) is 41.5. The van der Waals surface area contributed by atoms with Crippen molar-refractivity contribution in [2.45, 2.75) is 26.3 Å². The third-order valence-electron chi connectivity index (χ3n) is 4.96. The Kier molecular flexibility index (Phi) is 6.79. The zero-order valence-corrected chi connectivity index (χ0v) is 18.1. The van der Waals surface area contributed by atoms with Crippen LogP contribution in [0.4, 0.5) is 16.2 Å². The molecule has 4 amide bonds. The molecule has 2 aromatic carbocycles. The van der Waals surface area contributed by atoms with Gasteiger partial charge in [0.1, 0.15) is 17.5 Å². The quantitative estimate of drug-likeness (QED) is 0.654. The highest BCUT2D eigenvalue weighted by Gasteiger charge is 2.46. The standard InChI is InChI=1S/C23H27N3O5/c1-15(2)14-25-20(13-21(27)24-16-5-9-18(30-3)10-6-16)22(28)26(23(25)29)17-7-11-19(31-4)12-8-17/h5-12,15,20H,13-14H2,1-4H3,(H,24,27). The number of carbonyl (C=O) groups is 3. The van der Waals surface area contributed by atoms with Gasteiger partial charge in [0, 0.05) is 12.2 Å². The number of imide groups is 1. The monoisotopic (exact) mass is 425 g/mol. The predicted molar refractivity (Wildman–Crippen MR) is 117 cm³/mol. The van der Waals surface area contributed by atoms with E-state index in [1.165, 1.54) is 4.90 Å². The lowest BCUT2D eigenvalue weighted by Gasteiger charge is -2.23. The van der Waals surface area contributed by atoms with E-state index in [9.17, 15) is 14.4 Å². The Labute approximate surface area is 181 Å². The molecule has 8 nitrogen and oxygen atoms in total. The van der Waals surface area contributed by atoms with E-state index in [1.54, 1.807) is 62.8 Å². The number of carbonyl (C=O) groups excluding carboxylic acids is 3. The van der Waals surface area contributed by atoms with Crippen molar-refractivity contribution in [3.8, 4) is 11.5 Å². The number of benzene rings is 2. The molecule has 1 unspecified atom stereocenters. The number of ether oxygens (including phenoxy) is 2. The van der Waals surface area contributed by atoms with Crippen LogP contribution in [-0.2, 0) is 9.59 Å². The summed E-state index contributed by atoms with van der Waals surface area (Å²) in [5.41, 5.74) is 1.03. The summed E-state index contributed by atoms with van der Waals surface area (Å²) in [5.74, 6) is 0.673. The first-order valence-electron chi connectivity index (χ1n) is 10.1. The van der Waals surface area contributed by atoms with Crippen LogP contribution in [0.25, 0.3) is 0 Å². The average Bonchev–Trinajstić information content (AvgIpc) is 2.98. The van der Waals surface area contributed by atoms with Crippen molar-refractivity contribution < 1.29 is 23.9 Å². The molecule has 1 atom stereocenters. The number of nitrogens with zero attached hydrogens (tertiary/aromatic N) is 2. The SMILES string of the molecule is COc1ccc(NC(=O)CC2C(=O)N(c3ccc(OC)cc3)C(=O)N2CC(C)C)cc1. The summed E-state index contributed by atoms with van der Waals surface area (Å²) in [5, 5.41) is 2.78. The van der Waals surface area contributed by atoms with Crippen molar-refractivity contribution in [1.82, 2.24) is 4.90 Å². The van der Waals surface area contributed by atoms with Crippen LogP contribution in [0.15, 0.2) is 48.5 Å². The lowest BCUT2D eigenvalue weighted by atomic mass is 10.1. The Hall–Kier alpha value is -3.55. The van der Waals surface area contributed by atoms with E-state index in [0.29, 0.717) is 29.4 Å². The molecule has 0 spiro atoms. The molecule has 0 aliphatic carbocycles. The van der Waals surface area contributed by atoms with Gasteiger partial charge in [-0.05, 0) is 54.4 Å². The maximum absolute atomic E-state index is 13.2. The molecule has 0 bridgehead atoms. The number of methoxy groups -OCH3 is 2. The van der Waals surface area contributed by atoms with Gasteiger partial charge in [0.15, 0.2) is 0 Å². The van der Waals surface area contributed by atoms with Crippen LogP contribution < -0.4 is 19.7 Å². The molecule has 0 aromatic heterocycles. The first-order chi connectivity index (χ1) is 14.8. The minimum absolute atomic E-state index is 0.129. The van der Waals surface area contributed by atoms with Gasteiger partial charge in [0.05, 0.1) is 26.3 Å². The third-order valence-corrected chi connectivity index (χ3v) is 4.96. The summed E-state index contributed by atoms with van der Waals surface area (Å²) in [6, 6.07) is 12.3. The van der Waals surface area contributed by atoms with E-state index in [1.807, 2.05) is 13.8 Å². The molecule has 1 N–H and O–H groups in total. The molecule has 31 heavy (non-hydrogen) atoms. The van der Waals surface area contributed by atoms with E-state index in [4.69, 9.17) is 9.47 Å². The second-order valence-corrected chi connectivity index (χ2v) is 7.70. The fraction of sp³-hybridized carbons (Fsp3) is 0.348. The topological polar surface area (TPSA) is 88.2 Å². The molecule has 0 radical (unpaired) electrons. The largest absolute Gasteiger partial charge is 0.497 e. The molecule has 1 heterocycles. The number of rotatable bonds is 8. The highest BCUT2D eigenvalue weighted by atomic mass is 16.5. The van der Waals surface area contributed by atoms with E-state index in [-0.39, 0.29) is 18.2 Å². The minimum Gasteiger partial charge on any atom is -0.497 e. The molecule has 164 valence electrons. The Balaban J connectivity index is 1.79. The Morgan fingerprint density at radius 1 is 0.968 bits per heavy atom. The minimum atomic E-state index is -0.866. The van der Waals surface area contributed by atoms with Gasteiger partial charge >= 0.3 is 6.03 Å². The Morgan fingerprint density at radius 2 is 1.52 bits per heavy atom. The number of urea groups is 1. The highest BCUT2D eigenvalue weighted by molar-refractivity contribution is 6.22. The predicted octanol–water partition coefficient (Wildman–Crippen LogP) is 3.53. The average molecular weight is 425 g/mol. The molecule has 1 saturated heterocycles. The van der Waals surface area contributed by atoms with Crippen LogP contribution in [-0.4, -0.2) is 49.6 Å². The van der Waals surface area contributed by atoms with Gasteiger partial charge in [-0.3, -0.25) is 9.59 Å². The number of nitrogens with one attached hydrogen (secondary N) is 1. The Bertz CT molecular complexity index is 941. The number of hydrogen-bond acceptors (Lipinski definition) is 5. The fourth-order valence-corrected chi connectivity index (χ4v) is 3.47. The lowest BCUT2D eigenvalue weighted by molar-refractivity contribution is -0.124. The molecule has 8 heteroatoms. The zero-order chi connectivity index (χ0) is 22.5. The van der Waals surface area contributed by atoms with Gasteiger partial charge in [-0.2, -0.15) is 0 Å². The van der Waals surface area contributed by atoms with Crippen LogP contribution in [0.1, 0.15) is 20.3 Å². The van der Waals surface area contributed by atoms with E-state index >= 15 is 0 Å². The smallest absolute Gasteiger partial charge is 0.332 e. The van der Waals surface area contributed by atoms with Crippen LogP contribution in [0.3, 0.4) is 0 Å². The van der Waals surface area contributed by atoms with E-state index in [2.05, 4.69) is 5.32 Å². The van der Waals surface area contributed by atoms with Gasteiger partial charge in [-0.15, -0.1) is 0 Å². The summed E-state index contributed by atoms with van der Waals surface area (Å²) in [7, 11) is 3.11. The molecular weight excluding hydrogens is 398 g/mol. The van der Waals surface area contributed by atoms with Crippen LogP contribution in [0.2, 0.25) is 0 Å². The van der Waals surface area contributed by atoms with E-state index in [0.717, 1.165) is 4.90 Å². The first kappa shape index (κ1) is 22.1. The summed E-state index contributed by atoms with van der Waals surface area (Å²) >= 11 is 0. The van der Waals surface area contributed by atoms with Crippen molar-refractivity contribution in [3.05, 3.63) is 48.5 Å². The maximum Gasteiger partial charge on any atom is 0.332 e. The highest BCUT2D eigenvalue weighted by Crippen LogP contribution is 2.29. The van der Waals surface area contributed by atoms with Crippen LogP contribution in [0, 0.1) is 5.92 Å². The first-order valence-corrected chi connectivity index (χ1v) is 10.1. The molecule has 1 aliphatic heterocycles. The van der Waals surface area contributed by atoms with Crippen molar-refractivity contribution in [1.29, 1.82) is 0 Å². The van der Waals surface area contributed by atoms with Crippen molar-refractivity contribution in [2.75, 3.05) is 31.0 Å². The summed E-state index contributed by atoms with van der Waals surface area (Å²) < 4.78 is 10.3. The van der Waals surface area contributed by atoms with Gasteiger partial charge in [0.25, 0.3) is 5.91 Å². The molecule has 0 saturated carbocycles. The molecule has 3 rings (SSSR count). The van der Waals surface area contributed by atoms with Gasteiger partial charge in [-0.1, -0.05) is 13.8 Å². The van der Waals surface area contributed by atoms with Crippen LogP contribution in [0.5, 0.6) is 11.5 Å². The molecule has 1 aliphatic rings. The fourth-order valence-electron chi connectivity index (χ4n) is 3.47. The zero-order valence-electron chi connectivity index (χ0n) is 18.1. The number of hydrogen-bond donors (Lipinski definition) is 1. The molecule has 2 aromatic rings. The second-order valence-electron chi connectivity index (χ2n) is 7.70. The van der Waals surface area contributed by atoms with Gasteiger partial charge in [0.2, 0.25) is 5.91 Å². The second kappa shape index (κ2) is 9.51. The van der Waals surface area contributed by atoms with Crippen molar-refractivity contribution in [2.24, 2.45) is 5.92 Å². The third kappa shape index (κ3) is 4.96. The molecular formula is C23H27N3O5. The van der Waals surface area contributed by atoms with Gasteiger partial charge in [-0.25, -0.2) is 9.69 Å². The lowest BCUT2D eigenvalue weighted by Crippen LogP contribution is -2.40. The van der Waals surface area contributed by atoms with Gasteiger partial charge < -0.3 is 19.7 Å². The normalized spacial score (nSPS) is 16.1. The maximum atomic E-state index is 13.2. The Morgan fingerprint density at radius 3 is 2.03 bits per heavy atom. The van der Waals surface area contributed by atoms with Crippen LogP contribution >= 0.6 is 0 Å². The number of anilines is 2. The van der Waals surface area contributed by atoms with Crippen molar-refractivity contribution >= 4 is 29.2 Å². The summed E-state index contributed by atoms with van der Waals surface area (Å²) in [6.45, 7) is 4.29.